The van der Waals surface area contributed by atoms with E-state index in [0.29, 0.717) is 32.3 Å². The zero-order valence-electron chi connectivity index (χ0n) is 22.5. The predicted molar refractivity (Wildman–Crippen MR) is 153 cm³/mol. The third-order valence-corrected chi connectivity index (χ3v) is 7.88. The summed E-state index contributed by atoms with van der Waals surface area (Å²) in [6, 6.07) is 16.0. The highest BCUT2D eigenvalue weighted by Gasteiger charge is 2.42. The van der Waals surface area contributed by atoms with Crippen molar-refractivity contribution in [3.63, 3.8) is 0 Å². The number of aryl methyl sites for hydroxylation is 1. The first-order valence-electron chi connectivity index (χ1n) is 12.8. The fourth-order valence-electron chi connectivity index (χ4n) is 4.96. The second-order valence-electron chi connectivity index (χ2n) is 9.87. The van der Waals surface area contributed by atoms with Crippen LogP contribution in [0.1, 0.15) is 46.9 Å². The van der Waals surface area contributed by atoms with Crippen molar-refractivity contribution in [2.75, 3.05) is 13.2 Å². The molecule has 1 N–H and O–H groups in total. The topological polar surface area (TPSA) is 109 Å². The number of benzene rings is 2. The molecule has 2 unspecified atom stereocenters. The number of fused-ring (bicyclic) bond motifs is 1. The van der Waals surface area contributed by atoms with Gasteiger partial charge in [-0.25, -0.2) is 0 Å². The summed E-state index contributed by atoms with van der Waals surface area (Å²) in [5.74, 6) is -2.26. The first-order chi connectivity index (χ1) is 19.6. The quantitative estimate of drug-likeness (QED) is 0.222. The van der Waals surface area contributed by atoms with E-state index in [9.17, 15) is 14.4 Å². The number of nitrogens with zero attached hydrogens (tertiary/aromatic N) is 2. The summed E-state index contributed by atoms with van der Waals surface area (Å²) in [4.78, 5) is 42.1. The van der Waals surface area contributed by atoms with Gasteiger partial charge in [0.1, 0.15) is 17.2 Å². The zero-order valence-corrected chi connectivity index (χ0v) is 24.0. The minimum absolute atomic E-state index is 0.280. The van der Waals surface area contributed by atoms with Crippen molar-refractivity contribution < 1.29 is 28.6 Å². The smallest absolute Gasteiger partial charge is 0.321 e. The van der Waals surface area contributed by atoms with Crippen LogP contribution in [-0.4, -0.2) is 46.9 Å². The van der Waals surface area contributed by atoms with Gasteiger partial charge in [-0.3, -0.25) is 19.4 Å². The molecule has 2 aromatic carbocycles. The SMILES string of the molecule is CC(=O)OC(C)OC(=O)C(c1ccc(C2(NC(=O)c3cc4c(Cl)c(Cl)ccc4n3C)COC2)cc1)c1cccnc1. The Balaban J connectivity index is 1.41. The number of hydrogen-bond acceptors (Lipinski definition) is 7. The fraction of sp³-hybridized carbons (Fsp3) is 0.267. The Morgan fingerprint density at radius 1 is 1.05 bits per heavy atom. The van der Waals surface area contributed by atoms with Crippen molar-refractivity contribution in [3.8, 4) is 0 Å². The van der Waals surface area contributed by atoms with Gasteiger partial charge in [0.15, 0.2) is 0 Å². The molecule has 1 saturated heterocycles. The van der Waals surface area contributed by atoms with Crippen LogP contribution in [0.4, 0.5) is 0 Å². The van der Waals surface area contributed by atoms with Crippen molar-refractivity contribution >= 4 is 52.0 Å². The second kappa shape index (κ2) is 11.5. The number of hydrogen-bond donors (Lipinski definition) is 1. The van der Waals surface area contributed by atoms with Crippen LogP contribution in [0.5, 0.6) is 0 Å². The molecule has 41 heavy (non-hydrogen) atoms. The van der Waals surface area contributed by atoms with E-state index in [1.165, 1.54) is 13.8 Å². The minimum atomic E-state index is -1.05. The first-order valence-corrected chi connectivity index (χ1v) is 13.6. The van der Waals surface area contributed by atoms with Crippen LogP contribution in [-0.2, 0) is 36.4 Å². The van der Waals surface area contributed by atoms with Crippen molar-refractivity contribution in [3.05, 3.63) is 99.4 Å². The summed E-state index contributed by atoms with van der Waals surface area (Å²) >= 11 is 12.6. The fourth-order valence-corrected chi connectivity index (χ4v) is 5.34. The average molecular weight is 596 g/mol. The number of esters is 2. The van der Waals surface area contributed by atoms with E-state index in [1.54, 1.807) is 60.4 Å². The molecule has 212 valence electrons. The van der Waals surface area contributed by atoms with Gasteiger partial charge in [0.25, 0.3) is 5.91 Å². The normalized spacial score (nSPS) is 15.4. The molecule has 0 aliphatic carbocycles. The number of ether oxygens (including phenoxy) is 3. The number of rotatable bonds is 8. The molecule has 4 aromatic rings. The molecule has 0 bridgehead atoms. The van der Waals surface area contributed by atoms with Gasteiger partial charge in [0.2, 0.25) is 6.29 Å². The Morgan fingerprint density at radius 3 is 2.39 bits per heavy atom. The molecule has 1 amide bonds. The third-order valence-electron chi connectivity index (χ3n) is 7.06. The predicted octanol–water partition coefficient (Wildman–Crippen LogP) is 5.12. The summed E-state index contributed by atoms with van der Waals surface area (Å²) < 4.78 is 17.7. The van der Waals surface area contributed by atoms with E-state index in [1.807, 2.05) is 18.2 Å². The van der Waals surface area contributed by atoms with Gasteiger partial charge in [-0.1, -0.05) is 53.5 Å². The van der Waals surface area contributed by atoms with Crippen LogP contribution in [0.2, 0.25) is 10.0 Å². The average Bonchev–Trinajstić information content (AvgIpc) is 3.26. The number of nitrogens with one attached hydrogen (secondary N) is 1. The maximum atomic E-state index is 13.5. The van der Waals surface area contributed by atoms with Crippen molar-refractivity contribution in [1.82, 2.24) is 14.9 Å². The molecule has 0 spiro atoms. The monoisotopic (exact) mass is 595 g/mol. The number of carbonyl (C=O) groups is 3. The van der Waals surface area contributed by atoms with E-state index in [-0.39, 0.29) is 19.1 Å². The summed E-state index contributed by atoms with van der Waals surface area (Å²) in [5.41, 5.74) is 2.51. The largest absolute Gasteiger partial charge is 0.426 e. The van der Waals surface area contributed by atoms with Gasteiger partial charge in [0.05, 0.1) is 23.3 Å². The van der Waals surface area contributed by atoms with Gasteiger partial charge in [-0.15, -0.1) is 0 Å². The Bertz CT molecular complexity index is 1620. The number of aromatic nitrogens is 2. The van der Waals surface area contributed by atoms with Crippen LogP contribution < -0.4 is 5.32 Å². The summed E-state index contributed by atoms with van der Waals surface area (Å²) in [6.45, 7) is 3.28. The molecule has 1 fully saturated rings. The van der Waals surface area contributed by atoms with Gasteiger partial charge in [0, 0.05) is 44.2 Å². The molecule has 9 nitrogen and oxygen atoms in total. The van der Waals surface area contributed by atoms with E-state index < -0.39 is 29.7 Å². The van der Waals surface area contributed by atoms with Crippen LogP contribution in [0.25, 0.3) is 10.9 Å². The van der Waals surface area contributed by atoms with E-state index >= 15 is 0 Å². The molecule has 11 heteroatoms. The van der Waals surface area contributed by atoms with Crippen LogP contribution in [0, 0.1) is 0 Å². The number of pyridine rings is 1. The summed E-state index contributed by atoms with van der Waals surface area (Å²) in [7, 11) is 1.79. The van der Waals surface area contributed by atoms with Crippen molar-refractivity contribution in [2.24, 2.45) is 7.05 Å². The number of carbonyl (C=O) groups excluding carboxylic acids is 3. The number of amides is 1. The highest BCUT2D eigenvalue weighted by atomic mass is 35.5. The van der Waals surface area contributed by atoms with E-state index in [4.69, 9.17) is 37.4 Å². The molecule has 1 aliphatic heterocycles. The highest BCUT2D eigenvalue weighted by Crippen LogP contribution is 2.35. The Morgan fingerprint density at radius 2 is 1.78 bits per heavy atom. The summed E-state index contributed by atoms with van der Waals surface area (Å²) in [5, 5.41) is 4.62. The molecule has 0 saturated carbocycles. The van der Waals surface area contributed by atoms with Crippen LogP contribution >= 0.6 is 23.2 Å². The van der Waals surface area contributed by atoms with Gasteiger partial charge >= 0.3 is 11.9 Å². The highest BCUT2D eigenvalue weighted by molar-refractivity contribution is 6.45. The zero-order chi connectivity index (χ0) is 29.3. The lowest BCUT2D eigenvalue weighted by Crippen LogP contribution is -2.59. The second-order valence-corrected chi connectivity index (χ2v) is 10.7. The van der Waals surface area contributed by atoms with Crippen LogP contribution in [0.15, 0.2) is 67.0 Å². The van der Waals surface area contributed by atoms with Gasteiger partial charge < -0.3 is 24.1 Å². The molecule has 0 radical (unpaired) electrons. The van der Waals surface area contributed by atoms with Gasteiger partial charge in [-0.05, 0) is 41.0 Å². The molecule has 2 aromatic heterocycles. The van der Waals surface area contributed by atoms with E-state index in [2.05, 4.69) is 10.3 Å². The first kappa shape index (κ1) is 28.6. The molecular formula is C30H27Cl2N3O6. The van der Waals surface area contributed by atoms with E-state index in [0.717, 1.165) is 11.1 Å². The lowest BCUT2D eigenvalue weighted by molar-refractivity contribution is -0.183. The third kappa shape index (κ3) is 5.66. The lowest BCUT2D eigenvalue weighted by atomic mass is 9.85. The minimum Gasteiger partial charge on any atom is -0.426 e. The molecule has 2 atom stereocenters. The van der Waals surface area contributed by atoms with Crippen molar-refractivity contribution in [2.45, 2.75) is 31.6 Å². The summed E-state index contributed by atoms with van der Waals surface area (Å²) in [6.07, 6.45) is 2.14. The molecule has 3 heterocycles. The number of halogens is 2. The van der Waals surface area contributed by atoms with Crippen LogP contribution in [0.3, 0.4) is 0 Å². The van der Waals surface area contributed by atoms with Crippen molar-refractivity contribution in [1.29, 1.82) is 0 Å². The Hall–Kier alpha value is -3.92. The van der Waals surface area contributed by atoms with Gasteiger partial charge in [-0.2, -0.15) is 0 Å². The maximum Gasteiger partial charge on any atom is 0.321 e. The molecule has 1 aliphatic rings. The Labute approximate surface area is 246 Å². The lowest BCUT2D eigenvalue weighted by Gasteiger charge is -2.42. The Kier molecular flexibility index (Phi) is 8.04. The molecule has 5 rings (SSSR count). The standard InChI is InChI=1S/C30H27Cl2N3O6/c1-17(36)40-18(2)41-29(38)26(20-5-4-12-33-14-20)19-6-8-21(9-7-19)30(15-39-16-30)34-28(37)25-13-22-24(35(25)3)11-10-23(31)27(22)32/h4-14,18,26H,15-16H2,1-3H3,(H,34,37). The maximum absolute atomic E-state index is 13.5. The molecular weight excluding hydrogens is 569 g/mol.